The predicted molar refractivity (Wildman–Crippen MR) is 105 cm³/mol. The van der Waals surface area contributed by atoms with Crippen LogP contribution >= 0.6 is 11.3 Å². The van der Waals surface area contributed by atoms with Crippen LogP contribution in [0, 0.1) is 0 Å². The van der Waals surface area contributed by atoms with E-state index in [4.69, 9.17) is 4.74 Å². The number of aromatic amines is 1. The van der Waals surface area contributed by atoms with E-state index in [1.165, 1.54) is 0 Å². The average Bonchev–Trinajstić information content (AvgIpc) is 3.33. The van der Waals surface area contributed by atoms with Gasteiger partial charge in [0.05, 0.1) is 12.3 Å². The summed E-state index contributed by atoms with van der Waals surface area (Å²) in [4.78, 5) is 29.9. The zero-order valence-electron chi connectivity index (χ0n) is 15.2. The fourth-order valence-corrected chi connectivity index (χ4v) is 3.95. The number of fused-ring (bicyclic) bond motifs is 1. The van der Waals surface area contributed by atoms with Gasteiger partial charge < -0.3 is 10.1 Å². The molecule has 0 saturated carbocycles. The molecule has 3 aromatic rings. The maximum Gasteiger partial charge on any atom is 0.350 e. The number of thiazole rings is 1. The highest BCUT2D eigenvalue weighted by atomic mass is 32.1. The molecule has 2 aromatic heterocycles. The van der Waals surface area contributed by atoms with Crippen molar-refractivity contribution in [1.82, 2.24) is 20.5 Å². The summed E-state index contributed by atoms with van der Waals surface area (Å²) in [6.45, 7) is 3.46. The molecule has 0 fully saturated rings. The SMILES string of the molecule is CCOC(=O)c1sc(NC(=O)c2n[nH]c3c2CNCC3)nc1-c1ccccc1. The average molecular weight is 397 g/mol. The molecule has 0 aliphatic carbocycles. The Labute approximate surface area is 165 Å². The van der Waals surface area contributed by atoms with E-state index in [1.54, 1.807) is 6.92 Å². The zero-order valence-corrected chi connectivity index (χ0v) is 16.1. The number of nitrogens with zero attached hydrogens (tertiary/aromatic N) is 2. The quantitative estimate of drug-likeness (QED) is 0.571. The number of ether oxygens (including phenoxy) is 1. The molecule has 0 atom stereocenters. The molecule has 0 unspecified atom stereocenters. The van der Waals surface area contributed by atoms with Crippen LogP contribution in [0.4, 0.5) is 5.13 Å². The van der Waals surface area contributed by atoms with E-state index < -0.39 is 5.97 Å². The second-order valence-electron chi connectivity index (χ2n) is 6.19. The van der Waals surface area contributed by atoms with Crippen LogP contribution in [-0.2, 0) is 17.7 Å². The Balaban J connectivity index is 1.64. The fourth-order valence-electron chi connectivity index (χ4n) is 3.07. The number of carbonyl (C=O) groups excluding carboxylic acids is 2. The highest BCUT2D eigenvalue weighted by Crippen LogP contribution is 2.32. The van der Waals surface area contributed by atoms with Gasteiger partial charge in [-0.1, -0.05) is 41.7 Å². The topological polar surface area (TPSA) is 109 Å². The molecule has 3 N–H and O–H groups in total. The minimum absolute atomic E-state index is 0.263. The summed E-state index contributed by atoms with van der Waals surface area (Å²) in [7, 11) is 0. The molecule has 0 saturated heterocycles. The minimum Gasteiger partial charge on any atom is -0.462 e. The summed E-state index contributed by atoms with van der Waals surface area (Å²) < 4.78 is 5.15. The lowest BCUT2D eigenvalue weighted by Gasteiger charge is -2.12. The van der Waals surface area contributed by atoms with E-state index in [1.807, 2.05) is 30.3 Å². The van der Waals surface area contributed by atoms with E-state index in [2.05, 4.69) is 25.8 Å². The third kappa shape index (κ3) is 3.54. The molecule has 0 radical (unpaired) electrons. The van der Waals surface area contributed by atoms with Gasteiger partial charge in [0.15, 0.2) is 10.8 Å². The summed E-state index contributed by atoms with van der Waals surface area (Å²) >= 11 is 1.09. The third-order valence-corrected chi connectivity index (χ3v) is 5.33. The van der Waals surface area contributed by atoms with Gasteiger partial charge in [0.1, 0.15) is 4.88 Å². The van der Waals surface area contributed by atoms with Gasteiger partial charge in [-0.2, -0.15) is 5.10 Å². The van der Waals surface area contributed by atoms with Gasteiger partial charge in [-0.25, -0.2) is 9.78 Å². The molecular weight excluding hydrogens is 378 g/mol. The molecule has 28 heavy (non-hydrogen) atoms. The van der Waals surface area contributed by atoms with Crippen molar-refractivity contribution in [2.75, 3.05) is 18.5 Å². The Morgan fingerprint density at radius 3 is 2.89 bits per heavy atom. The number of hydrogen-bond acceptors (Lipinski definition) is 7. The van der Waals surface area contributed by atoms with Gasteiger partial charge in [0, 0.05) is 36.3 Å². The van der Waals surface area contributed by atoms with Crippen molar-refractivity contribution in [3.63, 3.8) is 0 Å². The molecule has 4 rings (SSSR count). The molecule has 144 valence electrons. The van der Waals surface area contributed by atoms with Crippen LogP contribution in [0.1, 0.15) is 38.3 Å². The smallest absolute Gasteiger partial charge is 0.350 e. The minimum atomic E-state index is -0.458. The van der Waals surface area contributed by atoms with Crippen molar-refractivity contribution < 1.29 is 14.3 Å². The van der Waals surface area contributed by atoms with Crippen LogP contribution in [0.25, 0.3) is 11.3 Å². The van der Waals surface area contributed by atoms with Gasteiger partial charge in [-0.15, -0.1) is 0 Å². The van der Waals surface area contributed by atoms with Crippen molar-refractivity contribution in [3.8, 4) is 11.3 Å². The normalized spacial score (nSPS) is 13.0. The highest BCUT2D eigenvalue weighted by Gasteiger charge is 2.25. The van der Waals surface area contributed by atoms with E-state index in [0.29, 0.717) is 27.9 Å². The molecule has 1 aliphatic heterocycles. The summed E-state index contributed by atoms with van der Waals surface area (Å²) in [6.07, 6.45) is 0.804. The number of amides is 1. The number of esters is 1. The van der Waals surface area contributed by atoms with Crippen molar-refractivity contribution in [2.45, 2.75) is 19.9 Å². The number of rotatable bonds is 5. The number of anilines is 1. The molecule has 1 aromatic carbocycles. The van der Waals surface area contributed by atoms with Gasteiger partial charge in [0.2, 0.25) is 0 Å². The summed E-state index contributed by atoms with van der Waals surface area (Å²) in [5.41, 5.74) is 3.46. The fraction of sp³-hybridized carbons (Fsp3) is 0.263. The van der Waals surface area contributed by atoms with Crippen LogP contribution < -0.4 is 10.6 Å². The molecule has 8 nitrogen and oxygen atoms in total. The number of nitrogens with one attached hydrogen (secondary N) is 3. The van der Waals surface area contributed by atoms with Crippen LogP contribution in [0.5, 0.6) is 0 Å². The number of aromatic nitrogens is 3. The standard InChI is InChI=1S/C19H19N5O3S/c1-2-27-18(26)16-14(11-6-4-3-5-7-11)21-19(28-16)22-17(25)15-12-10-20-9-8-13(12)23-24-15/h3-7,20H,2,8-10H2,1H3,(H,23,24)(H,21,22,25). The summed E-state index contributed by atoms with van der Waals surface area (Å²) in [5.74, 6) is -0.814. The second kappa shape index (κ2) is 7.91. The van der Waals surface area contributed by atoms with Gasteiger partial charge >= 0.3 is 5.97 Å². The first-order valence-electron chi connectivity index (χ1n) is 8.99. The molecular formula is C19H19N5O3S. The van der Waals surface area contributed by atoms with E-state index in [9.17, 15) is 9.59 Å². The van der Waals surface area contributed by atoms with E-state index >= 15 is 0 Å². The maximum absolute atomic E-state index is 12.7. The number of benzene rings is 1. The molecule has 3 heterocycles. The van der Waals surface area contributed by atoms with E-state index in [0.717, 1.165) is 41.1 Å². The maximum atomic E-state index is 12.7. The lowest BCUT2D eigenvalue weighted by atomic mass is 10.1. The van der Waals surface area contributed by atoms with Gasteiger partial charge in [-0.3, -0.25) is 15.2 Å². The van der Waals surface area contributed by atoms with Crippen LogP contribution in [-0.4, -0.2) is 40.2 Å². The zero-order chi connectivity index (χ0) is 19.5. The van der Waals surface area contributed by atoms with Crippen molar-refractivity contribution in [1.29, 1.82) is 0 Å². The monoisotopic (exact) mass is 397 g/mol. The molecule has 1 aliphatic rings. The Bertz CT molecular complexity index is 1010. The molecule has 0 spiro atoms. The van der Waals surface area contributed by atoms with Gasteiger partial charge in [-0.05, 0) is 6.92 Å². The molecule has 1 amide bonds. The van der Waals surface area contributed by atoms with Crippen molar-refractivity contribution >= 4 is 28.3 Å². The van der Waals surface area contributed by atoms with Gasteiger partial charge in [0.25, 0.3) is 5.91 Å². The second-order valence-corrected chi connectivity index (χ2v) is 7.19. The first-order chi connectivity index (χ1) is 13.7. The largest absolute Gasteiger partial charge is 0.462 e. The van der Waals surface area contributed by atoms with E-state index in [-0.39, 0.29) is 12.5 Å². The Hall–Kier alpha value is -3.04. The van der Waals surface area contributed by atoms with Crippen LogP contribution in [0.2, 0.25) is 0 Å². The third-order valence-electron chi connectivity index (χ3n) is 4.38. The first kappa shape index (κ1) is 18.3. The number of carbonyl (C=O) groups is 2. The molecule has 0 bridgehead atoms. The highest BCUT2D eigenvalue weighted by molar-refractivity contribution is 7.18. The van der Waals surface area contributed by atoms with Crippen molar-refractivity contribution in [3.05, 3.63) is 52.2 Å². The Morgan fingerprint density at radius 2 is 2.11 bits per heavy atom. The van der Waals surface area contributed by atoms with Crippen molar-refractivity contribution in [2.24, 2.45) is 0 Å². The predicted octanol–water partition coefficient (Wildman–Crippen LogP) is 2.61. The molecule has 9 heteroatoms. The van der Waals surface area contributed by atoms with Crippen LogP contribution in [0.3, 0.4) is 0 Å². The van der Waals surface area contributed by atoms with Crippen LogP contribution in [0.15, 0.2) is 30.3 Å². The Morgan fingerprint density at radius 1 is 1.29 bits per heavy atom. The summed E-state index contributed by atoms with van der Waals surface area (Å²) in [5, 5.41) is 13.4. The lowest BCUT2D eigenvalue weighted by Crippen LogP contribution is -2.25. The number of H-pyrrole nitrogens is 1. The Kier molecular flexibility index (Phi) is 5.18. The lowest BCUT2D eigenvalue weighted by molar-refractivity contribution is 0.0532. The summed E-state index contributed by atoms with van der Waals surface area (Å²) in [6, 6.07) is 9.34. The first-order valence-corrected chi connectivity index (χ1v) is 9.80. The number of hydrogen-bond donors (Lipinski definition) is 3.